The molecule has 0 aliphatic heterocycles. The largest absolute Gasteiger partial charge is 0.466 e. The highest BCUT2D eigenvalue weighted by Crippen LogP contribution is 2.16. The smallest absolute Gasteiger partial charge is 0.341 e. The molecule has 2 heterocycles. The van der Waals surface area contributed by atoms with Crippen LogP contribution in [-0.2, 0) is 11.2 Å². The third-order valence-corrected chi connectivity index (χ3v) is 2.82. The van der Waals surface area contributed by atoms with Crippen LogP contribution in [0, 0.1) is 13.8 Å². The summed E-state index contributed by atoms with van der Waals surface area (Å²) in [5, 5.41) is 0. The summed E-state index contributed by atoms with van der Waals surface area (Å²) < 4.78 is 10.7. The van der Waals surface area contributed by atoms with Gasteiger partial charge in [-0.05, 0) is 38.5 Å². The molecule has 4 nitrogen and oxygen atoms in total. The predicted molar refractivity (Wildman–Crippen MR) is 71.0 cm³/mol. The van der Waals surface area contributed by atoms with Crippen LogP contribution in [0.1, 0.15) is 34.4 Å². The van der Waals surface area contributed by atoms with Crippen LogP contribution in [0.15, 0.2) is 35.0 Å². The number of aryl methyl sites for hydroxylation is 2. The second-order valence-corrected chi connectivity index (χ2v) is 4.61. The van der Waals surface area contributed by atoms with Gasteiger partial charge in [-0.2, -0.15) is 0 Å². The van der Waals surface area contributed by atoms with Crippen molar-refractivity contribution < 1.29 is 13.9 Å². The molecule has 0 aliphatic carbocycles. The number of furan rings is 1. The molecule has 4 heteroatoms. The Balaban J connectivity index is 1.97. The van der Waals surface area contributed by atoms with E-state index in [1.165, 1.54) is 0 Å². The van der Waals surface area contributed by atoms with E-state index in [2.05, 4.69) is 4.98 Å². The van der Waals surface area contributed by atoms with Gasteiger partial charge in [-0.3, -0.25) is 4.98 Å². The van der Waals surface area contributed by atoms with Gasteiger partial charge in [0.15, 0.2) is 0 Å². The molecule has 100 valence electrons. The first-order chi connectivity index (χ1) is 9.06. The van der Waals surface area contributed by atoms with E-state index in [4.69, 9.17) is 9.15 Å². The van der Waals surface area contributed by atoms with Gasteiger partial charge in [0.05, 0.1) is 0 Å². The standard InChI is InChI=1S/C15H17NO3/c1-10(7-13-5-4-6-16-9-13)19-15(17)14-8-11(2)18-12(14)3/h4-6,8-10H,7H2,1-3H3/t10-/m0/s1. The van der Waals surface area contributed by atoms with Gasteiger partial charge in [-0.1, -0.05) is 6.07 Å². The van der Waals surface area contributed by atoms with Crippen LogP contribution in [0.2, 0.25) is 0 Å². The molecule has 19 heavy (non-hydrogen) atoms. The minimum absolute atomic E-state index is 0.202. The normalized spacial score (nSPS) is 12.2. The molecule has 0 radical (unpaired) electrons. The third-order valence-electron chi connectivity index (χ3n) is 2.82. The fourth-order valence-electron chi connectivity index (χ4n) is 1.97. The molecule has 2 rings (SSSR count). The Labute approximate surface area is 112 Å². The van der Waals surface area contributed by atoms with Gasteiger partial charge >= 0.3 is 5.97 Å². The highest BCUT2D eigenvalue weighted by molar-refractivity contribution is 5.90. The van der Waals surface area contributed by atoms with Crippen LogP contribution in [-0.4, -0.2) is 17.1 Å². The molecule has 0 aliphatic rings. The van der Waals surface area contributed by atoms with Crippen molar-refractivity contribution in [3.63, 3.8) is 0 Å². The van der Waals surface area contributed by atoms with Crippen LogP contribution in [0.5, 0.6) is 0 Å². The molecule has 2 aromatic heterocycles. The summed E-state index contributed by atoms with van der Waals surface area (Å²) in [5.41, 5.74) is 1.54. The van der Waals surface area contributed by atoms with E-state index in [0.29, 0.717) is 23.5 Å². The Morgan fingerprint density at radius 2 is 2.26 bits per heavy atom. The van der Waals surface area contributed by atoms with Crippen LogP contribution in [0.4, 0.5) is 0 Å². The van der Waals surface area contributed by atoms with Gasteiger partial charge < -0.3 is 9.15 Å². The number of carbonyl (C=O) groups excluding carboxylic acids is 1. The Morgan fingerprint density at radius 1 is 1.47 bits per heavy atom. The number of aromatic nitrogens is 1. The summed E-state index contributed by atoms with van der Waals surface area (Å²) in [6.45, 7) is 5.44. The molecule has 0 N–H and O–H groups in total. The van der Waals surface area contributed by atoms with Crippen LogP contribution in [0.25, 0.3) is 0 Å². The maximum atomic E-state index is 12.0. The third kappa shape index (κ3) is 3.44. The quantitative estimate of drug-likeness (QED) is 0.792. The number of hydrogen-bond donors (Lipinski definition) is 0. The van der Waals surface area contributed by atoms with E-state index in [0.717, 1.165) is 5.56 Å². The summed E-state index contributed by atoms with van der Waals surface area (Å²) >= 11 is 0. The summed E-state index contributed by atoms with van der Waals surface area (Å²) in [4.78, 5) is 16.0. The van der Waals surface area contributed by atoms with E-state index < -0.39 is 0 Å². The second kappa shape index (κ2) is 5.69. The van der Waals surface area contributed by atoms with Gasteiger partial charge in [-0.15, -0.1) is 0 Å². The van der Waals surface area contributed by atoms with Gasteiger partial charge in [0.25, 0.3) is 0 Å². The van der Waals surface area contributed by atoms with Gasteiger partial charge in [0.2, 0.25) is 0 Å². The predicted octanol–water partition coefficient (Wildman–Crippen LogP) is 3.08. The molecule has 0 saturated carbocycles. The Morgan fingerprint density at radius 3 is 2.84 bits per heavy atom. The Hall–Kier alpha value is -2.10. The molecular weight excluding hydrogens is 242 g/mol. The molecule has 0 fully saturated rings. The second-order valence-electron chi connectivity index (χ2n) is 4.61. The number of hydrogen-bond acceptors (Lipinski definition) is 4. The zero-order chi connectivity index (χ0) is 13.8. The minimum Gasteiger partial charge on any atom is -0.466 e. The Kier molecular flexibility index (Phi) is 4.00. The van der Waals surface area contributed by atoms with Crippen LogP contribution < -0.4 is 0 Å². The molecule has 0 bridgehead atoms. The van der Waals surface area contributed by atoms with Crippen LogP contribution >= 0.6 is 0 Å². The van der Waals surface area contributed by atoms with Crippen molar-refractivity contribution in [2.24, 2.45) is 0 Å². The monoisotopic (exact) mass is 259 g/mol. The summed E-state index contributed by atoms with van der Waals surface area (Å²) in [7, 11) is 0. The minimum atomic E-state index is -0.342. The average molecular weight is 259 g/mol. The van der Waals surface area contributed by atoms with Crippen molar-refractivity contribution in [3.05, 3.63) is 53.2 Å². The van der Waals surface area contributed by atoms with E-state index in [-0.39, 0.29) is 12.1 Å². The number of carbonyl (C=O) groups is 1. The highest BCUT2D eigenvalue weighted by Gasteiger charge is 2.17. The van der Waals surface area contributed by atoms with Crippen molar-refractivity contribution in [2.75, 3.05) is 0 Å². The maximum absolute atomic E-state index is 12.0. The number of rotatable bonds is 4. The zero-order valence-corrected chi connectivity index (χ0v) is 11.3. The first kappa shape index (κ1) is 13.3. The van der Waals surface area contributed by atoms with Gasteiger partial charge in [0.1, 0.15) is 23.2 Å². The molecule has 0 saturated heterocycles. The lowest BCUT2D eigenvalue weighted by molar-refractivity contribution is 0.0341. The van der Waals surface area contributed by atoms with Crippen molar-refractivity contribution in [1.29, 1.82) is 0 Å². The summed E-state index contributed by atoms with van der Waals surface area (Å²) in [6, 6.07) is 5.53. The number of nitrogens with zero attached hydrogens (tertiary/aromatic N) is 1. The fourth-order valence-corrected chi connectivity index (χ4v) is 1.97. The molecule has 0 spiro atoms. The molecule has 1 atom stereocenters. The first-order valence-electron chi connectivity index (χ1n) is 6.23. The van der Waals surface area contributed by atoms with E-state index in [9.17, 15) is 4.79 Å². The molecule has 2 aromatic rings. The number of ether oxygens (including phenoxy) is 1. The first-order valence-corrected chi connectivity index (χ1v) is 6.23. The molecule has 0 aromatic carbocycles. The van der Waals surface area contributed by atoms with E-state index in [1.54, 1.807) is 25.4 Å². The van der Waals surface area contributed by atoms with E-state index in [1.807, 2.05) is 26.0 Å². The summed E-state index contributed by atoms with van der Waals surface area (Å²) in [6.07, 6.45) is 3.94. The van der Waals surface area contributed by atoms with Crippen molar-refractivity contribution in [1.82, 2.24) is 4.98 Å². The topological polar surface area (TPSA) is 52.3 Å². The van der Waals surface area contributed by atoms with Crippen molar-refractivity contribution in [3.8, 4) is 0 Å². The van der Waals surface area contributed by atoms with Gasteiger partial charge in [-0.25, -0.2) is 4.79 Å². The molecule has 0 unspecified atom stereocenters. The lowest BCUT2D eigenvalue weighted by atomic mass is 10.1. The van der Waals surface area contributed by atoms with Crippen LogP contribution in [0.3, 0.4) is 0 Å². The SMILES string of the molecule is Cc1cc(C(=O)O[C@@H](C)Cc2cccnc2)c(C)o1. The number of pyridine rings is 1. The molecule has 0 amide bonds. The summed E-state index contributed by atoms with van der Waals surface area (Å²) in [5.74, 6) is 0.964. The van der Waals surface area contributed by atoms with Crippen molar-refractivity contribution >= 4 is 5.97 Å². The van der Waals surface area contributed by atoms with E-state index >= 15 is 0 Å². The lowest BCUT2D eigenvalue weighted by Crippen LogP contribution is -2.17. The Bertz CT molecular complexity index is 560. The highest BCUT2D eigenvalue weighted by atomic mass is 16.5. The average Bonchev–Trinajstić information content (AvgIpc) is 2.69. The molecular formula is C15H17NO3. The fraction of sp³-hybridized carbons (Fsp3) is 0.333. The maximum Gasteiger partial charge on any atom is 0.341 e. The number of esters is 1. The zero-order valence-electron chi connectivity index (χ0n) is 11.3. The van der Waals surface area contributed by atoms with Gasteiger partial charge in [0, 0.05) is 18.8 Å². The van der Waals surface area contributed by atoms with Crippen molar-refractivity contribution in [2.45, 2.75) is 33.3 Å². The lowest BCUT2D eigenvalue weighted by Gasteiger charge is -2.12.